The second-order valence-electron chi connectivity index (χ2n) is 6.25. The van der Waals surface area contributed by atoms with E-state index in [1.54, 1.807) is 24.4 Å². The maximum absolute atomic E-state index is 12.3. The zero-order chi connectivity index (χ0) is 16.4. The van der Waals surface area contributed by atoms with E-state index in [9.17, 15) is 14.9 Å². The van der Waals surface area contributed by atoms with Crippen LogP contribution in [0.25, 0.3) is 0 Å². The first kappa shape index (κ1) is 14.0. The first-order chi connectivity index (χ1) is 10.9. The van der Waals surface area contributed by atoms with Crippen molar-refractivity contribution < 1.29 is 14.4 Å². The van der Waals surface area contributed by atoms with Crippen molar-refractivity contribution in [3.8, 4) is 5.75 Å². The normalized spacial score (nSPS) is 26.6. The molecule has 4 rings (SSSR count). The topological polar surface area (TPSA) is 86.9 Å². The van der Waals surface area contributed by atoms with Crippen LogP contribution in [0.15, 0.2) is 47.4 Å². The Labute approximate surface area is 131 Å². The molecule has 0 N–H and O–H groups in total. The number of fused-ring (bicyclic) bond motifs is 3. The van der Waals surface area contributed by atoms with E-state index in [-0.39, 0.29) is 11.2 Å². The van der Waals surface area contributed by atoms with Crippen molar-refractivity contribution in [1.82, 2.24) is 4.57 Å². The number of hydrogen-bond donors (Lipinski definition) is 0. The van der Waals surface area contributed by atoms with Crippen molar-refractivity contribution in [1.29, 1.82) is 0 Å². The van der Waals surface area contributed by atoms with Gasteiger partial charge in [-0.05, 0) is 26.0 Å². The van der Waals surface area contributed by atoms with Gasteiger partial charge in [0, 0.05) is 24.4 Å². The minimum absolute atomic E-state index is 0.0651. The highest BCUT2D eigenvalue weighted by atomic mass is 16.7. The van der Waals surface area contributed by atoms with Crippen LogP contribution < -0.4 is 10.3 Å². The monoisotopic (exact) mass is 314 g/mol. The summed E-state index contributed by atoms with van der Waals surface area (Å²) in [4.78, 5) is 22.9. The number of ether oxygens (including phenoxy) is 2. The van der Waals surface area contributed by atoms with Gasteiger partial charge in [-0.3, -0.25) is 19.5 Å². The minimum Gasteiger partial charge on any atom is -0.484 e. The number of epoxide rings is 1. The molecule has 0 radical (unpaired) electrons. The fourth-order valence-corrected chi connectivity index (χ4v) is 3.32. The Morgan fingerprint density at radius 2 is 2.04 bits per heavy atom. The average molecular weight is 314 g/mol. The Balaban J connectivity index is 2.00. The number of nitrogens with zero attached hydrogens (tertiary/aromatic N) is 2. The molecule has 0 saturated carbocycles. The number of nitro groups is 1. The summed E-state index contributed by atoms with van der Waals surface area (Å²) in [5.74, 6) is 0.491. The maximum atomic E-state index is 12.3. The number of hydrogen-bond acceptors (Lipinski definition) is 5. The van der Waals surface area contributed by atoms with E-state index in [2.05, 4.69) is 0 Å². The third-order valence-electron chi connectivity index (χ3n) is 4.34. The third kappa shape index (κ3) is 1.77. The largest absolute Gasteiger partial charge is 0.484 e. The van der Waals surface area contributed by atoms with Gasteiger partial charge in [0.25, 0.3) is 11.2 Å². The Morgan fingerprint density at radius 3 is 2.74 bits per heavy atom. The van der Waals surface area contributed by atoms with Gasteiger partial charge >= 0.3 is 0 Å². The first-order valence-electron chi connectivity index (χ1n) is 7.20. The van der Waals surface area contributed by atoms with Gasteiger partial charge in [0.05, 0.1) is 10.5 Å². The van der Waals surface area contributed by atoms with Crippen LogP contribution >= 0.6 is 0 Å². The van der Waals surface area contributed by atoms with E-state index >= 15 is 0 Å². The Morgan fingerprint density at radius 1 is 1.26 bits per heavy atom. The van der Waals surface area contributed by atoms with E-state index < -0.39 is 22.4 Å². The molecule has 118 valence electrons. The van der Waals surface area contributed by atoms with Gasteiger partial charge < -0.3 is 9.47 Å². The van der Waals surface area contributed by atoms with Crippen LogP contribution in [0.2, 0.25) is 0 Å². The molecule has 0 aliphatic carbocycles. The van der Waals surface area contributed by atoms with Crippen LogP contribution in [0.1, 0.15) is 19.4 Å². The zero-order valence-corrected chi connectivity index (χ0v) is 12.6. The van der Waals surface area contributed by atoms with Crippen LogP contribution in [-0.2, 0) is 10.5 Å². The average Bonchev–Trinajstić information content (AvgIpc) is 3.25. The summed E-state index contributed by atoms with van der Waals surface area (Å²) < 4.78 is 13.3. The lowest BCUT2D eigenvalue weighted by atomic mass is 9.89. The van der Waals surface area contributed by atoms with Gasteiger partial charge in [0.1, 0.15) is 11.4 Å². The van der Waals surface area contributed by atoms with Gasteiger partial charge in [0.15, 0.2) is 6.10 Å². The zero-order valence-electron chi connectivity index (χ0n) is 12.6. The van der Waals surface area contributed by atoms with Crippen molar-refractivity contribution in [2.75, 3.05) is 0 Å². The maximum Gasteiger partial charge on any atom is 0.270 e. The second kappa shape index (κ2) is 4.20. The number of pyridine rings is 1. The van der Waals surface area contributed by atoms with Crippen LogP contribution in [0.3, 0.4) is 0 Å². The summed E-state index contributed by atoms with van der Waals surface area (Å²) in [7, 11) is 0. The van der Waals surface area contributed by atoms with Crippen molar-refractivity contribution >= 4 is 5.69 Å². The molecule has 2 aliphatic rings. The Hall–Kier alpha value is -2.67. The quantitative estimate of drug-likeness (QED) is 0.481. The van der Waals surface area contributed by atoms with E-state index in [1.807, 2.05) is 13.8 Å². The molecular formula is C16H14N2O5. The second-order valence-corrected chi connectivity index (χ2v) is 6.25. The predicted octanol–water partition coefficient (Wildman–Crippen LogP) is 2.03. The molecule has 2 aromatic rings. The van der Waals surface area contributed by atoms with Crippen molar-refractivity contribution in [2.45, 2.75) is 31.3 Å². The first-order valence-corrected chi connectivity index (χ1v) is 7.20. The fraction of sp³-hybridized carbons (Fsp3) is 0.312. The van der Waals surface area contributed by atoms with Gasteiger partial charge in [-0.1, -0.05) is 6.07 Å². The van der Waals surface area contributed by atoms with E-state index in [4.69, 9.17) is 9.47 Å². The van der Waals surface area contributed by atoms with E-state index in [1.165, 1.54) is 22.8 Å². The standard InChI is InChI=1S/C16H14N2O5/c1-15(2)14-16(23-14,17-8-4-3-5-13(17)19)11-9-10(18(20)21)6-7-12(11)22-15/h3-9,14H,1-2H3/t14-,16+/m1/s1. The van der Waals surface area contributed by atoms with E-state index in [0.29, 0.717) is 11.3 Å². The number of aromatic nitrogens is 1. The molecule has 1 aromatic heterocycles. The molecule has 1 saturated heterocycles. The van der Waals surface area contributed by atoms with Crippen LogP contribution in [-0.4, -0.2) is 21.2 Å². The molecule has 7 nitrogen and oxygen atoms in total. The summed E-state index contributed by atoms with van der Waals surface area (Å²) >= 11 is 0. The van der Waals surface area contributed by atoms with Crippen molar-refractivity contribution in [3.05, 3.63) is 68.6 Å². The molecule has 7 heteroatoms. The summed E-state index contributed by atoms with van der Waals surface area (Å²) in [6.45, 7) is 3.75. The Kier molecular flexibility index (Phi) is 2.55. The fourth-order valence-electron chi connectivity index (χ4n) is 3.32. The predicted molar refractivity (Wildman–Crippen MR) is 80.5 cm³/mol. The van der Waals surface area contributed by atoms with Gasteiger partial charge in [-0.15, -0.1) is 0 Å². The highest BCUT2D eigenvalue weighted by Gasteiger charge is 2.71. The molecular weight excluding hydrogens is 300 g/mol. The lowest BCUT2D eigenvalue weighted by molar-refractivity contribution is -0.385. The minimum atomic E-state index is -1.05. The highest BCUT2D eigenvalue weighted by Crippen LogP contribution is 2.59. The molecule has 1 aromatic carbocycles. The third-order valence-corrected chi connectivity index (χ3v) is 4.34. The number of non-ortho nitro benzene ring substituents is 1. The molecule has 0 unspecified atom stereocenters. The summed E-state index contributed by atoms with van der Waals surface area (Å²) in [5.41, 5.74) is -1.50. The molecule has 3 heterocycles. The van der Waals surface area contributed by atoms with Gasteiger partial charge in [-0.25, -0.2) is 0 Å². The number of benzene rings is 1. The molecule has 2 atom stereocenters. The van der Waals surface area contributed by atoms with Crippen molar-refractivity contribution in [3.63, 3.8) is 0 Å². The van der Waals surface area contributed by atoms with Crippen molar-refractivity contribution in [2.24, 2.45) is 0 Å². The lowest BCUT2D eigenvalue weighted by Gasteiger charge is -2.33. The van der Waals surface area contributed by atoms with Crippen LogP contribution in [0.4, 0.5) is 5.69 Å². The van der Waals surface area contributed by atoms with E-state index in [0.717, 1.165) is 0 Å². The molecule has 2 aliphatic heterocycles. The molecule has 0 spiro atoms. The molecule has 0 amide bonds. The SMILES string of the molecule is CC1(C)Oc2ccc([N+](=O)[O-])cc2[C@]2(n3ccccc3=O)O[C@H]12. The molecule has 0 bridgehead atoms. The van der Waals surface area contributed by atoms with Gasteiger partial charge in [-0.2, -0.15) is 0 Å². The smallest absolute Gasteiger partial charge is 0.270 e. The number of rotatable bonds is 2. The van der Waals surface area contributed by atoms with Crippen LogP contribution in [0, 0.1) is 10.1 Å². The highest BCUT2D eigenvalue weighted by molar-refractivity contribution is 5.52. The lowest BCUT2D eigenvalue weighted by Crippen LogP contribution is -2.46. The number of nitro benzene ring substituents is 1. The molecule has 1 fully saturated rings. The Bertz CT molecular complexity index is 888. The van der Waals surface area contributed by atoms with Crippen LogP contribution in [0.5, 0.6) is 5.75 Å². The van der Waals surface area contributed by atoms with Gasteiger partial charge in [0.2, 0.25) is 5.72 Å². The summed E-state index contributed by atoms with van der Waals surface area (Å²) in [6.07, 6.45) is 1.23. The summed E-state index contributed by atoms with van der Waals surface area (Å²) in [6, 6.07) is 9.18. The molecule has 23 heavy (non-hydrogen) atoms. The summed E-state index contributed by atoms with van der Waals surface area (Å²) in [5, 5.41) is 11.1.